The van der Waals surface area contributed by atoms with Gasteiger partial charge in [-0.25, -0.2) is 4.98 Å². The molecule has 0 aliphatic heterocycles. The quantitative estimate of drug-likeness (QED) is 0.554. The molecular formula is C13H16N4O2. The van der Waals surface area contributed by atoms with Gasteiger partial charge in [0.1, 0.15) is 24.0 Å². The molecule has 0 radical (unpaired) electrons. The van der Waals surface area contributed by atoms with Crippen molar-refractivity contribution in [3.05, 3.63) is 46.5 Å². The average molecular weight is 260 g/mol. The Bertz CT molecular complexity index is 592. The fourth-order valence-corrected chi connectivity index (χ4v) is 1.58. The van der Waals surface area contributed by atoms with Crippen molar-refractivity contribution in [2.45, 2.75) is 6.92 Å². The van der Waals surface area contributed by atoms with E-state index in [2.05, 4.69) is 15.3 Å². The zero-order valence-electron chi connectivity index (χ0n) is 10.6. The number of aryl methyl sites for hydroxylation is 1. The largest absolute Gasteiger partial charge is 0.492 e. The summed E-state index contributed by atoms with van der Waals surface area (Å²) < 4.78 is 5.51. The lowest BCUT2D eigenvalue weighted by Crippen LogP contribution is -2.16. The van der Waals surface area contributed by atoms with Crippen LogP contribution < -0.4 is 21.3 Å². The van der Waals surface area contributed by atoms with Crippen molar-refractivity contribution in [1.29, 1.82) is 0 Å². The van der Waals surface area contributed by atoms with E-state index in [9.17, 15) is 4.79 Å². The van der Waals surface area contributed by atoms with Crippen molar-refractivity contribution in [2.75, 3.05) is 24.2 Å². The number of hydrogen-bond donors (Lipinski definition) is 3. The Morgan fingerprint density at radius 3 is 2.79 bits per heavy atom. The fraction of sp³-hybridized carbons (Fsp3) is 0.231. The minimum Gasteiger partial charge on any atom is -0.492 e. The number of rotatable bonds is 5. The van der Waals surface area contributed by atoms with E-state index < -0.39 is 0 Å². The molecule has 0 spiro atoms. The molecule has 0 saturated heterocycles. The van der Waals surface area contributed by atoms with E-state index >= 15 is 0 Å². The Morgan fingerprint density at radius 2 is 2.11 bits per heavy atom. The minimum atomic E-state index is -0.172. The minimum absolute atomic E-state index is 0.172. The number of nitrogens with two attached hydrogens (primary N) is 1. The normalized spacial score (nSPS) is 10.2. The second-order valence-corrected chi connectivity index (χ2v) is 4.06. The number of nitrogens with zero attached hydrogens (tertiary/aromatic N) is 1. The predicted molar refractivity (Wildman–Crippen MR) is 74.4 cm³/mol. The lowest BCUT2D eigenvalue weighted by Gasteiger charge is -2.08. The van der Waals surface area contributed by atoms with Crippen molar-refractivity contribution in [3.8, 4) is 5.75 Å². The van der Waals surface area contributed by atoms with Gasteiger partial charge in [0.2, 0.25) is 0 Å². The van der Waals surface area contributed by atoms with Gasteiger partial charge in [-0.05, 0) is 31.2 Å². The summed E-state index contributed by atoms with van der Waals surface area (Å²) in [6.45, 7) is 2.76. The number of hydrogen-bond acceptors (Lipinski definition) is 5. The molecule has 6 nitrogen and oxygen atoms in total. The molecule has 6 heteroatoms. The third kappa shape index (κ3) is 4.02. The van der Waals surface area contributed by atoms with Crippen LogP contribution in [-0.4, -0.2) is 23.1 Å². The molecule has 4 N–H and O–H groups in total. The Balaban J connectivity index is 1.80. The first kappa shape index (κ1) is 12.9. The van der Waals surface area contributed by atoms with Crippen LogP contribution in [0, 0.1) is 6.92 Å². The number of nitrogens with one attached hydrogen (secondary N) is 2. The van der Waals surface area contributed by atoms with Gasteiger partial charge in [0.15, 0.2) is 0 Å². The summed E-state index contributed by atoms with van der Waals surface area (Å²) in [5.41, 5.74) is 6.11. The molecule has 0 unspecified atom stereocenters. The van der Waals surface area contributed by atoms with Crippen LogP contribution in [0.1, 0.15) is 5.82 Å². The maximum absolute atomic E-state index is 11.2. The first-order valence-electron chi connectivity index (χ1n) is 5.94. The average Bonchev–Trinajstić information content (AvgIpc) is 2.36. The molecule has 2 aromatic rings. The molecule has 1 heterocycles. The standard InChI is InChI=1S/C13H16N4O2/c1-9-16-12(8-13(18)17-9)15-6-7-19-11-4-2-10(14)3-5-11/h2-5,8H,6-7,14H2,1H3,(H2,15,16,17,18). The maximum atomic E-state index is 11.2. The maximum Gasteiger partial charge on any atom is 0.252 e. The number of benzene rings is 1. The molecule has 0 atom stereocenters. The number of H-pyrrole nitrogens is 1. The number of nitrogen functional groups attached to an aromatic ring is 1. The van der Waals surface area contributed by atoms with Crippen molar-refractivity contribution in [1.82, 2.24) is 9.97 Å². The SMILES string of the molecule is Cc1nc(NCCOc2ccc(N)cc2)cc(=O)[nH]1. The van der Waals surface area contributed by atoms with E-state index in [0.29, 0.717) is 30.5 Å². The smallest absolute Gasteiger partial charge is 0.252 e. The molecule has 100 valence electrons. The van der Waals surface area contributed by atoms with E-state index in [4.69, 9.17) is 10.5 Å². The van der Waals surface area contributed by atoms with Crippen LogP contribution in [-0.2, 0) is 0 Å². The van der Waals surface area contributed by atoms with E-state index in [1.807, 2.05) is 12.1 Å². The molecule has 0 aliphatic carbocycles. The lowest BCUT2D eigenvalue weighted by molar-refractivity contribution is 0.333. The number of ether oxygens (including phenoxy) is 1. The van der Waals surface area contributed by atoms with Crippen LogP contribution in [0.25, 0.3) is 0 Å². The van der Waals surface area contributed by atoms with Crippen molar-refractivity contribution < 1.29 is 4.74 Å². The van der Waals surface area contributed by atoms with Crippen LogP contribution in [0.3, 0.4) is 0 Å². The third-order valence-electron chi connectivity index (χ3n) is 2.42. The molecule has 1 aromatic carbocycles. The first-order chi connectivity index (χ1) is 9.13. The Labute approximate surface area is 110 Å². The van der Waals surface area contributed by atoms with Gasteiger partial charge < -0.3 is 20.8 Å². The topological polar surface area (TPSA) is 93.0 Å². The van der Waals surface area contributed by atoms with Crippen molar-refractivity contribution >= 4 is 11.5 Å². The second-order valence-electron chi connectivity index (χ2n) is 4.06. The number of aromatic amines is 1. The molecule has 0 saturated carbocycles. The predicted octanol–water partition coefficient (Wildman–Crippen LogP) is 1.15. The second kappa shape index (κ2) is 5.90. The summed E-state index contributed by atoms with van der Waals surface area (Å²) in [4.78, 5) is 18.0. The van der Waals surface area contributed by atoms with Gasteiger partial charge in [-0.15, -0.1) is 0 Å². The molecular weight excluding hydrogens is 244 g/mol. The highest BCUT2D eigenvalue weighted by atomic mass is 16.5. The fourth-order valence-electron chi connectivity index (χ4n) is 1.58. The lowest BCUT2D eigenvalue weighted by atomic mass is 10.3. The molecule has 0 fully saturated rings. The zero-order chi connectivity index (χ0) is 13.7. The highest BCUT2D eigenvalue weighted by molar-refractivity contribution is 5.41. The third-order valence-corrected chi connectivity index (χ3v) is 2.42. The van der Waals surface area contributed by atoms with Gasteiger partial charge in [-0.3, -0.25) is 4.79 Å². The van der Waals surface area contributed by atoms with E-state index in [-0.39, 0.29) is 5.56 Å². The van der Waals surface area contributed by atoms with E-state index in [1.165, 1.54) is 6.07 Å². The van der Waals surface area contributed by atoms with Crippen LogP contribution in [0.2, 0.25) is 0 Å². The summed E-state index contributed by atoms with van der Waals surface area (Å²) in [6, 6.07) is 8.60. The number of aromatic nitrogens is 2. The van der Waals surface area contributed by atoms with Crippen LogP contribution in [0.5, 0.6) is 5.75 Å². The summed E-state index contributed by atoms with van der Waals surface area (Å²) in [7, 11) is 0. The van der Waals surface area contributed by atoms with Gasteiger partial charge >= 0.3 is 0 Å². The van der Waals surface area contributed by atoms with Gasteiger partial charge in [-0.1, -0.05) is 0 Å². The van der Waals surface area contributed by atoms with E-state index in [1.54, 1.807) is 19.1 Å². The van der Waals surface area contributed by atoms with Gasteiger partial charge in [0, 0.05) is 11.8 Å². The monoisotopic (exact) mass is 260 g/mol. The summed E-state index contributed by atoms with van der Waals surface area (Å²) in [6.07, 6.45) is 0. The van der Waals surface area contributed by atoms with Crippen LogP contribution in [0.15, 0.2) is 35.1 Å². The van der Waals surface area contributed by atoms with Gasteiger partial charge in [0.05, 0.1) is 6.54 Å². The molecule has 19 heavy (non-hydrogen) atoms. The highest BCUT2D eigenvalue weighted by Crippen LogP contribution is 2.12. The van der Waals surface area contributed by atoms with Crippen LogP contribution >= 0.6 is 0 Å². The molecule has 0 bridgehead atoms. The summed E-state index contributed by atoms with van der Waals surface area (Å²) in [5.74, 6) is 1.88. The summed E-state index contributed by atoms with van der Waals surface area (Å²) >= 11 is 0. The van der Waals surface area contributed by atoms with Gasteiger partial charge in [-0.2, -0.15) is 0 Å². The zero-order valence-corrected chi connectivity index (χ0v) is 10.6. The molecule has 1 aromatic heterocycles. The van der Waals surface area contributed by atoms with Crippen LogP contribution in [0.4, 0.5) is 11.5 Å². The van der Waals surface area contributed by atoms with Crippen molar-refractivity contribution in [3.63, 3.8) is 0 Å². The highest BCUT2D eigenvalue weighted by Gasteiger charge is 1.98. The molecule has 0 amide bonds. The molecule has 0 aliphatic rings. The molecule has 2 rings (SSSR count). The van der Waals surface area contributed by atoms with Crippen molar-refractivity contribution in [2.24, 2.45) is 0 Å². The Hall–Kier alpha value is -2.50. The van der Waals surface area contributed by atoms with E-state index in [0.717, 1.165) is 5.75 Å². The van der Waals surface area contributed by atoms with Gasteiger partial charge in [0.25, 0.3) is 5.56 Å². The first-order valence-corrected chi connectivity index (χ1v) is 5.94. The Morgan fingerprint density at radius 1 is 1.37 bits per heavy atom. The number of anilines is 2. The summed E-state index contributed by atoms with van der Waals surface area (Å²) in [5, 5.41) is 3.03. The Kier molecular flexibility index (Phi) is 4.02.